The van der Waals surface area contributed by atoms with Crippen LogP contribution in [0.2, 0.25) is 0 Å². The van der Waals surface area contributed by atoms with Crippen LogP contribution in [0.15, 0.2) is 12.1 Å². The summed E-state index contributed by atoms with van der Waals surface area (Å²) in [6, 6.07) is 2.58. The van der Waals surface area contributed by atoms with Gasteiger partial charge < -0.3 is 9.47 Å². The van der Waals surface area contributed by atoms with Gasteiger partial charge in [-0.25, -0.2) is 4.79 Å². The molecule has 6 nitrogen and oxygen atoms in total. The summed E-state index contributed by atoms with van der Waals surface area (Å²) < 4.78 is 9.45. The van der Waals surface area contributed by atoms with Gasteiger partial charge in [-0.3, -0.25) is 10.1 Å². The van der Waals surface area contributed by atoms with Crippen LogP contribution in [0.4, 0.5) is 5.69 Å². The van der Waals surface area contributed by atoms with E-state index >= 15 is 0 Å². The Kier molecular flexibility index (Phi) is 3.44. The van der Waals surface area contributed by atoms with E-state index in [0.717, 1.165) is 0 Å². The number of carbonyl (C=O) groups excluding carboxylic acids is 1. The second kappa shape index (κ2) is 4.61. The maximum atomic E-state index is 11.3. The van der Waals surface area contributed by atoms with E-state index in [4.69, 9.17) is 4.74 Å². The first kappa shape index (κ1) is 12.0. The van der Waals surface area contributed by atoms with Crippen molar-refractivity contribution in [2.45, 2.75) is 6.92 Å². The van der Waals surface area contributed by atoms with E-state index in [0.29, 0.717) is 5.56 Å². The van der Waals surface area contributed by atoms with Gasteiger partial charge in [-0.05, 0) is 13.0 Å². The first-order valence-electron chi connectivity index (χ1n) is 4.42. The molecule has 1 rings (SSSR count). The molecule has 0 saturated carbocycles. The minimum absolute atomic E-state index is 0.0941. The van der Waals surface area contributed by atoms with Gasteiger partial charge in [-0.2, -0.15) is 0 Å². The van der Waals surface area contributed by atoms with Gasteiger partial charge in [-0.15, -0.1) is 0 Å². The van der Waals surface area contributed by atoms with Crippen LogP contribution in [-0.4, -0.2) is 25.1 Å². The Morgan fingerprint density at radius 1 is 1.38 bits per heavy atom. The molecule has 16 heavy (non-hydrogen) atoms. The summed E-state index contributed by atoms with van der Waals surface area (Å²) >= 11 is 0. The van der Waals surface area contributed by atoms with Crippen molar-refractivity contribution in [1.29, 1.82) is 0 Å². The lowest BCUT2D eigenvalue weighted by atomic mass is 10.1. The molecule has 0 aromatic heterocycles. The molecule has 0 aliphatic heterocycles. The monoisotopic (exact) mass is 225 g/mol. The van der Waals surface area contributed by atoms with Crippen molar-refractivity contribution in [2.24, 2.45) is 0 Å². The van der Waals surface area contributed by atoms with E-state index in [1.54, 1.807) is 6.92 Å². The van der Waals surface area contributed by atoms with E-state index in [1.807, 2.05) is 0 Å². The molecule has 6 heteroatoms. The SMILES string of the molecule is COC(=O)c1cc(OC)c(C)c([N+](=O)[O-])c1. The molecule has 1 aromatic rings. The van der Waals surface area contributed by atoms with Gasteiger partial charge in [0.05, 0.1) is 30.3 Å². The van der Waals surface area contributed by atoms with E-state index in [-0.39, 0.29) is 17.0 Å². The molecule has 0 bridgehead atoms. The fourth-order valence-electron chi connectivity index (χ4n) is 1.31. The van der Waals surface area contributed by atoms with Crippen LogP contribution in [-0.2, 0) is 4.74 Å². The highest BCUT2D eigenvalue weighted by atomic mass is 16.6. The highest BCUT2D eigenvalue weighted by Crippen LogP contribution is 2.29. The zero-order valence-corrected chi connectivity index (χ0v) is 9.14. The minimum Gasteiger partial charge on any atom is -0.496 e. The second-order valence-electron chi connectivity index (χ2n) is 3.07. The number of hydrogen-bond acceptors (Lipinski definition) is 5. The van der Waals surface area contributed by atoms with E-state index in [2.05, 4.69) is 4.74 Å². The van der Waals surface area contributed by atoms with E-state index in [1.165, 1.54) is 26.4 Å². The Bertz CT molecular complexity index is 441. The molecule has 0 heterocycles. The predicted octanol–water partition coefficient (Wildman–Crippen LogP) is 1.70. The molecule has 0 amide bonds. The van der Waals surface area contributed by atoms with Crippen LogP contribution in [0.3, 0.4) is 0 Å². The van der Waals surface area contributed by atoms with Gasteiger partial charge >= 0.3 is 5.97 Å². The molecule has 0 radical (unpaired) electrons. The zero-order valence-electron chi connectivity index (χ0n) is 9.14. The highest BCUT2D eigenvalue weighted by molar-refractivity contribution is 5.91. The Hall–Kier alpha value is -2.11. The third kappa shape index (κ3) is 2.10. The van der Waals surface area contributed by atoms with Gasteiger partial charge in [0.2, 0.25) is 0 Å². The molecule has 0 aliphatic rings. The first-order valence-corrected chi connectivity index (χ1v) is 4.42. The van der Waals surface area contributed by atoms with Crippen molar-refractivity contribution < 1.29 is 19.2 Å². The summed E-state index contributed by atoms with van der Waals surface area (Å²) in [6.45, 7) is 1.55. The van der Waals surface area contributed by atoms with Crippen LogP contribution in [0.5, 0.6) is 5.75 Å². The summed E-state index contributed by atoms with van der Waals surface area (Å²) in [5, 5.41) is 10.8. The number of esters is 1. The van der Waals surface area contributed by atoms with Crippen LogP contribution in [0.25, 0.3) is 0 Å². The Balaban J connectivity index is 3.40. The van der Waals surface area contributed by atoms with Gasteiger partial charge in [0.15, 0.2) is 0 Å². The number of nitro benzene ring substituents is 1. The van der Waals surface area contributed by atoms with Crippen molar-refractivity contribution in [3.63, 3.8) is 0 Å². The molecule has 0 spiro atoms. The highest BCUT2D eigenvalue weighted by Gasteiger charge is 2.19. The number of nitrogens with zero attached hydrogens (tertiary/aromatic N) is 1. The van der Waals surface area contributed by atoms with Crippen molar-refractivity contribution >= 4 is 11.7 Å². The summed E-state index contributed by atoms with van der Waals surface area (Å²) in [6.07, 6.45) is 0. The molecule has 0 unspecified atom stereocenters. The Morgan fingerprint density at radius 2 is 2.00 bits per heavy atom. The lowest BCUT2D eigenvalue weighted by Crippen LogP contribution is -2.04. The topological polar surface area (TPSA) is 78.7 Å². The molecule has 86 valence electrons. The predicted molar refractivity (Wildman–Crippen MR) is 55.7 cm³/mol. The molecule has 0 fully saturated rings. The lowest BCUT2D eigenvalue weighted by molar-refractivity contribution is -0.385. The number of ether oxygens (including phenoxy) is 2. The number of nitro groups is 1. The van der Waals surface area contributed by atoms with Gasteiger partial charge in [0.25, 0.3) is 5.69 Å². The third-order valence-electron chi connectivity index (χ3n) is 2.17. The average Bonchev–Trinajstić information content (AvgIpc) is 2.27. The van der Waals surface area contributed by atoms with Crippen molar-refractivity contribution in [3.8, 4) is 5.75 Å². The molecule has 0 atom stereocenters. The van der Waals surface area contributed by atoms with Crippen LogP contribution < -0.4 is 4.74 Å². The quantitative estimate of drug-likeness (QED) is 0.444. The fraction of sp³-hybridized carbons (Fsp3) is 0.300. The van der Waals surface area contributed by atoms with Crippen LogP contribution in [0.1, 0.15) is 15.9 Å². The maximum Gasteiger partial charge on any atom is 0.338 e. The summed E-state index contributed by atoms with van der Waals surface area (Å²) in [7, 11) is 2.59. The third-order valence-corrected chi connectivity index (χ3v) is 2.17. The average molecular weight is 225 g/mol. The number of rotatable bonds is 3. The molecule has 0 N–H and O–H groups in total. The standard InChI is InChI=1S/C10H11NO5/c1-6-8(11(13)14)4-7(10(12)16-3)5-9(6)15-2/h4-5H,1-3H3. The second-order valence-corrected chi connectivity index (χ2v) is 3.07. The van der Waals surface area contributed by atoms with Crippen LogP contribution in [0, 0.1) is 17.0 Å². The van der Waals surface area contributed by atoms with Gasteiger partial charge in [-0.1, -0.05) is 0 Å². The Morgan fingerprint density at radius 3 is 2.44 bits per heavy atom. The van der Waals surface area contributed by atoms with Gasteiger partial charge in [0, 0.05) is 6.07 Å². The van der Waals surface area contributed by atoms with E-state index < -0.39 is 10.9 Å². The fourth-order valence-corrected chi connectivity index (χ4v) is 1.31. The largest absolute Gasteiger partial charge is 0.496 e. The van der Waals surface area contributed by atoms with Crippen molar-refractivity contribution in [1.82, 2.24) is 0 Å². The summed E-state index contributed by atoms with van der Waals surface area (Å²) in [4.78, 5) is 21.5. The van der Waals surface area contributed by atoms with Crippen molar-refractivity contribution in [3.05, 3.63) is 33.4 Å². The normalized spacial score (nSPS) is 9.69. The Labute approximate surface area is 91.9 Å². The summed E-state index contributed by atoms with van der Waals surface area (Å²) in [5.41, 5.74) is 0.302. The summed E-state index contributed by atoms with van der Waals surface area (Å²) in [5.74, 6) is -0.351. The number of carbonyl (C=O) groups is 1. The van der Waals surface area contributed by atoms with Gasteiger partial charge in [0.1, 0.15) is 5.75 Å². The number of methoxy groups -OCH3 is 2. The number of hydrogen-bond donors (Lipinski definition) is 0. The molecule has 0 aliphatic carbocycles. The lowest BCUT2D eigenvalue weighted by Gasteiger charge is -2.07. The maximum absolute atomic E-state index is 11.3. The van der Waals surface area contributed by atoms with Crippen molar-refractivity contribution in [2.75, 3.05) is 14.2 Å². The minimum atomic E-state index is -0.638. The zero-order chi connectivity index (χ0) is 12.3. The molecular weight excluding hydrogens is 214 g/mol. The van der Waals surface area contributed by atoms with Crippen LogP contribution >= 0.6 is 0 Å². The molecule has 0 saturated heterocycles. The smallest absolute Gasteiger partial charge is 0.338 e. The van der Waals surface area contributed by atoms with E-state index in [9.17, 15) is 14.9 Å². The first-order chi connectivity index (χ1) is 7.51. The molecule has 1 aromatic carbocycles. The molecular formula is C10H11NO5. The number of benzene rings is 1.